The molecule has 35 heavy (non-hydrogen) atoms. The van der Waals surface area contributed by atoms with Crippen molar-refractivity contribution in [3.8, 4) is 0 Å². The van der Waals surface area contributed by atoms with Gasteiger partial charge in [0.25, 0.3) is 0 Å². The first-order chi connectivity index (χ1) is 16.8. The minimum atomic E-state index is -1.14. The maximum absolute atomic E-state index is 13.1. The average Bonchev–Trinajstić information content (AvgIpc) is 3.25. The molecule has 192 valence electrons. The summed E-state index contributed by atoms with van der Waals surface area (Å²) in [4.78, 5) is 52.5. The Hall–Kier alpha value is -2.70. The average molecular weight is 524 g/mol. The number of benzene rings is 1. The quantitative estimate of drug-likeness (QED) is 0.199. The number of hydrogen-bond acceptors (Lipinski definition) is 7. The summed E-state index contributed by atoms with van der Waals surface area (Å²) in [5, 5.41) is 18.0. The number of carboxylic acid groups (broad SMARTS) is 1. The molecule has 2 aromatic rings. The van der Waals surface area contributed by atoms with Gasteiger partial charge in [-0.3, -0.25) is 14.4 Å². The molecule has 1 aromatic carbocycles. The van der Waals surface area contributed by atoms with E-state index in [1.165, 1.54) is 11.8 Å². The van der Waals surface area contributed by atoms with Gasteiger partial charge in [0, 0.05) is 23.5 Å². The van der Waals surface area contributed by atoms with Crippen LogP contribution in [0.5, 0.6) is 0 Å². The molecular formula is C23H33N5O5S2. The minimum Gasteiger partial charge on any atom is -0.480 e. The Labute approximate surface area is 212 Å². The lowest BCUT2D eigenvalue weighted by Gasteiger charge is -2.22. The standard InChI is InChI=1S/C23H33N5O5S2/c1-34-9-7-16(24)21(30)26-13-20(29)27-19(22(31)28-18(23(32)33)8-10-35-2)11-14-12-25-17-6-4-3-5-15(14)17/h3-6,12,16,18-19,25H,7-11,13,24H2,1-2H3,(H,26,30)(H,27,29)(H,28,31)(H,32,33). The zero-order chi connectivity index (χ0) is 25.8. The number of aliphatic carboxylic acids is 1. The van der Waals surface area contributed by atoms with Gasteiger partial charge in [-0.15, -0.1) is 0 Å². The molecule has 2 rings (SSSR count). The van der Waals surface area contributed by atoms with E-state index in [0.717, 1.165) is 22.2 Å². The van der Waals surface area contributed by atoms with E-state index in [1.807, 2.05) is 36.8 Å². The topological polar surface area (TPSA) is 166 Å². The molecular weight excluding hydrogens is 490 g/mol. The predicted octanol–water partition coefficient (Wildman–Crippen LogP) is 0.714. The fourth-order valence-corrected chi connectivity index (χ4v) is 4.38. The Bertz CT molecular complexity index is 1020. The van der Waals surface area contributed by atoms with Crippen LogP contribution < -0.4 is 21.7 Å². The van der Waals surface area contributed by atoms with Gasteiger partial charge in [-0.05, 0) is 48.5 Å². The Morgan fingerprint density at radius 3 is 2.37 bits per heavy atom. The second-order valence-electron chi connectivity index (χ2n) is 7.97. The molecule has 10 nitrogen and oxygen atoms in total. The van der Waals surface area contributed by atoms with Crippen molar-refractivity contribution in [1.29, 1.82) is 0 Å². The van der Waals surface area contributed by atoms with Crippen molar-refractivity contribution in [2.24, 2.45) is 5.73 Å². The number of aromatic amines is 1. The van der Waals surface area contributed by atoms with Gasteiger partial charge in [0.2, 0.25) is 17.7 Å². The number of carbonyl (C=O) groups excluding carboxylic acids is 3. The molecule has 7 N–H and O–H groups in total. The van der Waals surface area contributed by atoms with Crippen LogP contribution in [0.2, 0.25) is 0 Å². The van der Waals surface area contributed by atoms with Crippen LogP contribution in [-0.2, 0) is 25.6 Å². The molecule has 0 bridgehead atoms. The van der Waals surface area contributed by atoms with E-state index in [0.29, 0.717) is 12.2 Å². The second kappa shape index (κ2) is 14.6. The van der Waals surface area contributed by atoms with E-state index in [-0.39, 0.29) is 19.4 Å². The maximum atomic E-state index is 13.1. The van der Waals surface area contributed by atoms with Crippen LogP contribution in [0.3, 0.4) is 0 Å². The van der Waals surface area contributed by atoms with Crippen molar-refractivity contribution < 1.29 is 24.3 Å². The summed E-state index contributed by atoms with van der Waals surface area (Å²) in [5.41, 5.74) is 7.49. The van der Waals surface area contributed by atoms with Crippen LogP contribution in [0.4, 0.5) is 0 Å². The van der Waals surface area contributed by atoms with Crippen molar-refractivity contribution >= 4 is 58.1 Å². The number of rotatable bonds is 15. The maximum Gasteiger partial charge on any atom is 0.326 e. The van der Waals surface area contributed by atoms with Gasteiger partial charge in [-0.2, -0.15) is 23.5 Å². The molecule has 3 unspecified atom stereocenters. The number of nitrogens with one attached hydrogen (secondary N) is 4. The zero-order valence-electron chi connectivity index (χ0n) is 19.8. The van der Waals surface area contributed by atoms with E-state index >= 15 is 0 Å². The highest BCUT2D eigenvalue weighted by atomic mass is 32.2. The number of carbonyl (C=O) groups is 4. The summed E-state index contributed by atoms with van der Waals surface area (Å²) >= 11 is 3.04. The first kappa shape index (κ1) is 28.5. The summed E-state index contributed by atoms with van der Waals surface area (Å²) in [6, 6.07) is 4.69. The SMILES string of the molecule is CSCCC(N)C(=O)NCC(=O)NC(Cc1c[nH]c2ccccc12)C(=O)NC(CCSC)C(=O)O. The van der Waals surface area contributed by atoms with Gasteiger partial charge >= 0.3 is 5.97 Å². The monoisotopic (exact) mass is 523 g/mol. The first-order valence-electron chi connectivity index (χ1n) is 11.2. The number of aromatic nitrogens is 1. The van der Waals surface area contributed by atoms with Crippen molar-refractivity contribution in [3.05, 3.63) is 36.0 Å². The lowest BCUT2D eigenvalue weighted by atomic mass is 10.0. The summed E-state index contributed by atoms with van der Waals surface area (Å²) in [7, 11) is 0. The summed E-state index contributed by atoms with van der Waals surface area (Å²) in [5.74, 6) is -1.51. The summed E-state index contributed by atoms with van der Waals surface area (Å²) < 4.78 is 0. The lowest BCUT2D eigenvalue weighted by Crippen LogP contribution is -2.54. The van der Waals surface area contributed by atoms with Crippen LogP contribution in [0, 0.1) is 0 Å². The Balaban J connectivity index is 2.11. The molecule has 3 amide bonds. The molecule has 0 spiro atoms. The molecule has 1 aromatic heterocycles. The Kier molecular flexibility index (Phi) is 11.9. The molecule has 0 fully saturated rings. The van der Waals surface area contributed by atoms with Gasteiger partial charge in [0.1, 0.15) is 12.1 Å². The van der Waals surface area contributed by atoms with E-state index in [4.69, 9.17) is 5.73 Å². The van der Waals surface area contributed by atoms with Gasteiger partial charge in [0.15, 0.2) is 0 Å². The third-order valence-corrected chi connectivity index (χ3v) is 6.66. The third-order valence-electron chi connectivity index (χ3n) is 5.37. The first-order valence-corrected chi connectivity index (χ1v) is 13.9. The number of carboxylic acids is 1. The van der Waals surface area contributed by atoms with Gasteiger partial charge in [0.05, 0.1) is 12.6 Å². The number of thioether (sulfide) groups is 2. The fourth-order valence-electron chi connectivity index (χ4n) is 3.41. The minimum absolute atomic E-state index is 0.137. The fraction of sp³-hybridized carbons (Fsp3) is 0.478. The number of nitrogens with two attached hydrogens (primary N) is 1. The lowest BCUT2D eigenvalue weighted by molar-refractivity contribution is -0.142. The highest BCUT2D eigenvalue weighted by Crippen LogP contribution is 2.19. The molecule has 0 aliphatic heterocycles. The molecule has 1 heterocycles. The number of amides is 3. The molecule has 0 aliphatic carbocycles. The molecule has 12 heteroatoms. The van der Waals surface area contributed by atoms with Gasteiger partial charge in [-0.25, -0.2) is 4.79 Å². The number of H-pyrrole nitrogens is 1. The number of fused-ring (bicyclic) bond motifs is 1. The molecule has 0 saturated carbocycles. The highest BCUT2D eigenvalue weighted by molar-refractivity contribution is 7.98. The number of para-hydroxylation sites is 1. The molecule has 0 radical (unpaired) electrons. The van der Waals surface area contributed by atoms with E-state index in [9.17, 15) is 24.3 Å². The zero-order valence-corrected chi connectivity index (χ0v) is 21.5. The van der Waals surface area contributed by atoms with E-state index in [2.05, 4.69) is 20.9 Å². The largest absolute Gasteiger partial charge is 0.480 e. The number of hydrogen-bond donors (Lipinski definition) is 6. The van der Waals surface area contributed by atoms with Crippen LogP contribution in [0.15, 0.2) is 30.5 Å². The molecule has 0 saturated heterocycles. The summed E-state index contributed by atoms with van der Waals surface area (Å²) in [6.07, 6.45) is 6.38. The van der Waals surface area contributed by atoms with Crippen LogP contribution in [0.1, 0.15) is 18.4 Å². The molecule has 0 aliphatic rings. The Morgan fingerprint density at radius 2 is 1.69 bits per heavy atom. The van der Waals surface area contributed by atoms with E-state index < -0.39 is 41.8 Å². The van der Waals surface area contributed by atoms with Crippen molar-refractivity contribution in [2.75, 3.05) is 30.6 Å². The normalized spacial score (nSPS) is 13.6. The van der Waals surface area contributed by atoms with Gasteiger partial charge in [-0.1, -0.05) is 18.2 Å². The van der Waals surface area contributed by atoms with Crippen LogP contribution in [0.25, 0.3) is 10.9 Å². The van der Waals surface area contributed by atoms with Crippen molar-refractivity contribution in [1.82, 2.24) is 20.9 Å². The molecule has 3 atom stereocenters. The van der Waals surface area contributed by atoms with Crippen molar-refractivity contribution in [3.63, 3.8) is 0 Å². The third kappa shape index (κ3) is 9.11. The van der Waals surface area contributed by atoms with Crippen LogP contribution >= 0.6 is 23.5 Å². The highest BCUT2D eigenvalue weighted by Gasteiger charge is 2.27. The summed E-state index contributed by atoms with van der Waals surface area (Å²) in [6.45, 7) is -0.349. The van der Waals surface area contributed by atoms with E-state index in [1.54, 1.807) is 18.0 Å². The predicted molar refractivity (Wildman–Crippen MR) is 140 cm³/mol. The Morgan fingerprint density at radius 1 is 1.00 bits per heavy atom. The van der Waals surface area contributed by atoms with Crippen molar-refractivity contribution in [2.45, 2.75) is 37.4 Å². The van der Waals surface area contributed by atoms with Crippen LogP contribution in [-0.4, -0.2) is 82.5 Å². The second-order valence-corrected chi connectivity index (χ2v) is 9.94. The van der Waals surface area contributed by atoms with Gasteiger partial charge < -0.3 is 31.8 Å². The smallest absolute Gasteiger partial charge is 0.326 e.